The summed E-state index contributed by atoms with van der Waals surface area (Å²) in [6, 6.07) is 6.80. The second kappa shape index (κ2) is 7.69. The van der Waals surface area contributed by atoms with Crippen molar-refractivity contribution in [1.29, 1.82) is 0 Å². The molecule has 0 saturated carbocycles. The second-order valence-electron chi connectivity index (χ2n) is 4.90. The number of anilines is 1. The zero-order chi connectivity index (χ0) is 17.7. The van der Waals surface area contributed by atoms with E-state index >= 15 is 0 Å². The first-order chi connectivity index (χ1) is 11.3. The van der Waals surface area contributed by atoms with E-state index in [0.29, 0.717) is 12.4 Å². The number of hydrogen-bond acceptors (Lipinski definition) is 6. The maximum absolute atomic E-state index is 12.1. The number of nitrogens with one attached hydrogen (secondary N) is 2. The van der Waals surface area contributed by atoms with Crippen LogP contribution in [0.1, 0.15) is 5.56 Å². The summed E-state index contributed by atoms with van der Waals surface area (Å²) in [6.45, 7) is 2.32. The Kier molecular flexibility index (Phi) is 5.86. The van der Waals surface area contributed by atoms with Crippen molar-refractivity contribution < 1.29 is 13.3 Å². The Bertz CT molecular complexity index is 858. The first kappa shape index (κ1) is 18.3. The molecule has 0 aliphatic heterocycles. The van der Waals surface area contributed by atoms with E-state index < -0.39 is 14.9 Å². The van der Waals surface area contributed by atoms with Crippen LogP contribution in [0.2, 0.25) is 0 Å². The molecule has 0 radical (unpaired) electrons. The second-order valence-corrected chi connectivity index (χ2v) is 7.58. The number of halogens is 1. The smallest absolute Gasteiger partial charge is 0.270 e. The van der Waals surface area contributed by atoms with Gasteiger partial charge >= 0.3 is 0 Å². The molecule has 1 heterocycles. The molecule has 2 N–H and O–H groups in total. The zero-order valence-corrected chi connectivity index (χ0v) is 15.1. The molecule has 0 aliphatic carbocycles. The van der Waals surface area contributed by atoms with Crippen molar-refractivity contribution in [1.82, 2.24) is 9.71 Å². The van der Waals surface area contributed by atoms with Crippen LogP contribution in [0.5, 0.6) is 0 Å². The van der Waals surface area contributed by atoms with Crippen molar-refractivity contribution in [2.24, 2.45) is 0 Å². The topological polar surface area (TPSA) is 114 Å². The molecule has 10 heteroatoms. The Morgan fingerprint density at radius 1 is 1.29 bits per heavy atom. The lowest BCUT2D eigenvalue weighted by Gasteiger charge is -2.10. The normalized spacial score (nSPS) is 11.2. The van der Waals surface area contributed by atoms with Gasteiger partial charge in [0, 0.05) is 35.9 Å². The van der Waals surface area contributed by atoms with E-state index in [0.717, 1.165) is 16.1 Å². The van der Waals surface area contributed by atoms with Crippen LogP contribution in [0.3, 0.4) is 0 Å². The maximum Gasteiger partial charge on any atom is 0.270 e. The minimum Gasteiger partial charge on any atom is -0.369 e. The van der Waals surface area contributed by atoms with Gasteiger partial charge in [0.15, 0.2) is 0 Å². The Labute approximate surface area is 147 Å². The van der Waals surface area contributed by atoms with Gasteiger partial charge in [-0.1, -0.05) is 6.07 Å². The highest BCUT2D eigenvalue weighted by Gasteiger charge is 2.17. The van der Waals surface area contributed by atoms with Crippen LogP contribution in [-0.4, -0.2) is 31.4 Å². The van der Waals surface area contributed by atoms with Crippen LogP contribution >= 0.6 is 15.9 Å². The molecule has 0 atom stereocenters. The van der Waals surface area contributed by atoms with E-state index in [4.69, 9.17) is 0 Å². The molecule has 0 aliphatic rings. The summed E-state index contributed by atoms with van der Waals surface area (Å²) in [5.74, 6) is 0.660. The van der Waals surface area contributed by atoms with Crippen LogP contribution in [0.15, 0.2) is 45.9 Å². The van der Waals surface area contributed by atoms with Gasteiger partial charge in [-0.15, -0.1) is 0 Å². The molecular formula is C14H15BrN4O4S. The standard InChI is InChI=1S/C14H15BrN4O4S/c1-10-7-11(15)9-17-14(10)16-5-6-18-24(22,23)13-4-2-3-12(8-13)19(20)21/h2-4,7-9,18H,5-6H2,1H3,(H,16,17). The number of aryl methyl sites for hydroxylation is 1. The third-order valence-corrected chi connectivity index (χ3v) is 4.99. The van der Waals surface area contributed by atoms with Gasteiger partial charge < -0.3 is 5.32 Å². The van der Waals surface area contributed by atoms with Crippen molar-refractivity contribution >= 4 is 37.5 Å². The van der Waals surface area contributed by atoms with Gasteiger partial charge in [0.05, 0.1) is 9.82 Å². The lowest BCUT2D eigenvalue weighted by molar-refractivity contribution is -0.385. The molecule has 1 aromatic heterocycles. The fourth-order valence-electron chi connectivity index (χ4n) is 1.94. The molecule has 1 aromatic carbocycles. The quantitative estimate of drug-likeness (QED) is 0.408. The SMILES string of the molecule is Cc1cc(Br)cnc1NCCNS(=O)(=O)c1cccc([N+](=O)[O-])c1. The summed E-state index contributed by atoms with van der Waals surface area (Å²) in [6.07, 6.45) is 1.64. The van der Waals surface area contributed by atoms with Crippen molar-refractivity contribution in [2.45, 2.75) is 11.8 Å². The monoisotopic (exact) mass is 414 g/mol. The number of aromatic nitrogens is 1. The Morgan fingerprint density at radius 2 is 2.04 bits per heavy atom. The number of benzene rings is 1. The fraction of sp³-hybridized carbons (Fsp3) is 0.214. The highest BCUT2D eigenvalue weighted by molar-refractivity contribution is 9.10. The van der Waals surface area contributed by atoms with Gasteiger partial charge in [0.1, 0.15) is 5.82 Å². The van der Waals surface area contributed by atoms with Crippen LogP contribution in [0, 0.1) is 17.0 Å². The van der Waals surface area contributed by atoms with Crippen molar-refractivity contribution in [3.05, 3.63) is 56.7 Å². The molecule has 0 unspecified atom stereocenters. The van der Waals surface area contributed by atoms with Gasteiger partial charge in [-0.25, -0.2) is 18.1 Å². The summed E-state index contributed by atoms with van der Waals surface area (Å²) in [7, 11) is -3.81. The van der Waals surface area contributed by atoms with Gasteiger partial charge in [0.2, 0.25) is 10.0 Å². The predicted octanol–water partition coefficient (Wildman–Crippen LogP) is 2.45. The lowest BCUT2D eigenvalue weighted by atomic mass is 10.3. The number of nitro groups is 1. The van der Waals surface area contributed by atoms with E-state index in [2.05, 4.69) is 31.0 Å². The number of sulfonamides is 1. The molecular weight excluding hydrogens is 400 g/mol. The largest absolute Gasteiger partial charge is 0.369 e. The fourth-order valence-corrected chi connectivity index (χ4v) is 3.46. The highest BCUT2D eigenvalue weighted by atomic mass is 79.9. The molecule has 0 spiro atoms. The van der Waals surface area contributed by atoms with E-state index in [1.165, 1.54) is 18.2 Å². The first-order valence-corrected chi connectivity index (χ1v) is 9.17. The number of nitrogens with zero attached hydrogens (tertiary/aromatic N) is 2. The van der Waals surface area contributed by atoms with Crippen LogP contribution < -0.4 is 10.0 Å². The van der Waals surface area contributed by atoms with Crippen molar-refractivity contribution in [3.8, 4) is 0 Å². The summed E-state index contributed by atoms with van der Waals surface area (Å²) in [4.78, 5) is 14.1. The molecule has 0 fully saturated rings. The molecule has 2 rings (SSSR count). The predicted molar refractivity (Wildman–Crippen MR) is 93.4 cm³/mol. The number of non-ortho nitro benzene ring substituents is 1. The number of rotatable bonds is 7. The molecule has 0 amide bonds. The zero-order valence-electron chi connectivity index (χ0n) is 12.7. The number of nitro benzene ring substituents is 1. The maximum atomic E-state index is 12.1. The summed E-state index contributed by atoms with van der Waals surface area (Å²) in [5.41, 5.74) is 0.650. The van der Waals surface area contributed by atoms with E-state index in [9.17, 15) is 18.5 Å². The van der Waals surface area contributed by atoms with E-state index in [1.807, 2.05) is 13.0 Å². The number of hydrogen-bond donors (Lipinski definition) is 2. The third-order valence-electron chi connectivity index (χ3n) is 3.09. The summed E-state index contributed by atoms with van der Waals surface area (Å²) < 4.78 is 27.5. The minimum atomic E-state index is -3.81. The first-order valence-electron chi connectivity index (χ1n) is 6.90. The van der Waals surface area contributed by atoms with Gasteiger partial charge in [-0.05, 0) is 40.5 Å². The molecule has 0 bridgehead atoms. The van der Waals surface area contributed by atoms with E-state index in [1.54, 1.807) is 6.20 Å². The Balaban J connectivity index is 1.95. The minimum absolute atomic E-state index is 0.113. The molecule has 0 saturated heterocycles. The summed E-state index contributed by atoms with van der Waals surface area (Å²) in [5, 5.41) is 13.7. The lowest BCUT2D eigenvalue weighted by Crippen LogP contribution is -2.29. The molecule has 128 valence electrons. The highest BCUT2D eigenvalue weighted by Crippen LogP contribution is 2.18. The van der Waals surface area contributed by atoms with Gasteiger partial charge in [-0.3, -0.25) is 10.1 Å². The van der Waals surface area contributed by atoms with Gasteiger partial charge in [0.25, 0.3) is 5.69 Å². The summed E-state index contributed by atoms with van der Waals surface area (Å²) >= 11 is 3.32. The number of pyridine rings is 1. The van der Waals surface area contributed by atoms with Crippen molar-refractivity contribution in [3.63, 3.8) is 0 Å². The van der Waals surface area contributed by atoms with Gasteiger partial charge in [-0.2, -0.15) is 0 Å². The Hall–Kier alpha value is -2.04. The van der Waals surface area contributed by atoms with Crippen LogP contribution in [-0.2, 0) is 10.0 Å². The van der Waals surface area contributed by atoms with Crippen LogP contribution in [0.25, 0.3) is 0 Å². The molecule has 2 aromatic rings. The molecule has 24 heavy (non-hydrogen) atoms. The van der Waals surface area contributed by atoms with Crippen molar-refractivity contribution in [2.75, 3.05) is 18.4 Å². The Morgan fingerprint density at radius 3 is 2.71 bits per heavy atom. The molecule has 8 nitrogen and oxygen atoms in total. The third kappa shape index (κ3) is 4.73. The average Bonchev–Trinajstić information content (AvgIpc) is 2.53. The van der Waals surface area contributed by atoms with Crippen LogP contribution in [0.4, 0.5) is 11.5 Å². The average molecular weight is 415 g/mol. The van der Waals surface area contributed by atoms with E-state index in [-0.39, 0.29) is 17.1 Å².